The number of rotatable bonds is 6. The van der Waals surface area contributed by atoms with Gasteiger partial charge >= 0.3 is 0 Å². The lowest BCUT2D eigenvalue weighted by Gasteiger charge is -2.39. The molecule has 0 aromatic heterocycles. The largest absolute Gasteiger partial charge is 0.396 e. The van der Waals surface area contributed by atoms with Gasteiger partial charge in [-0.25, -0.2) is 0 Å². The van der Waals surface area contributed by atoms with Gasteiger partial charge in [0.2, 0.25) is 0 Å². The van der Waals surface area contributed by atoms with Crippen LogP contribution in [0.5, 0.6) is 0 Å². The van der Waals surface area contributed by atoms with E-state index in [1.165, 1.54) is 25.7 Å². The summed E-state index contributed by atoms with van der Waals surface area (Å²) < 4.78 is 0. The minimum absolute atomic E-state index is 0.196. The molecule has 1 rings (SSSR count). The normalized spacial score (nSPS) is 31.8. The first-order chi connectivity index (χ1) is 7.22. The van der Waals surface area contributed by atoms with Gasteiger partial charge in [0.15, 0.2) is 0 Å². The molecule has 0 atom stereocenters. The Morgan fingerprint density at radius 3 is 2.53 bits per heavy atom. The van der Waals surface area contributed by atoms with Gasteiger partial charge in [0.25, 0.3) is 0 Å². The summed E-state index contributed by atoms with van der Waals surface area (Å²) in [5, 5.41) is 12.3. The number of hydrogen-bond acceptors (Lipinski definition) is 3. The minimum Gasteiger partial charge on any atom is -0.396 e. The zero-order valence-corrected chi connectivity index (χ0v) is 9.97. The first-order valence-electron chi connectivity index (χ1n) is 6.28. The van der Waals surface area contributed by atoms with Gasteiger partial charge in [-0.2, -0.15) is 0 Å². The number of aliphatic hydroxyl groups is 1. The molecule has 0 aromatic rings. The van der Waals surface area contributed by atoms with Gasteiger partial charge in [-0.1, -0.05) is 6.92 Å². The summed E-state index contributed by atoms with van der Waals surface area (Å²) in [6.07, 6.45) is 6.96. The quantitative estimate of drug-likeness (QED) is 0.583. The molecule has 0 unspecified atom stereocenters. The van der Waals surface area contributed by atoms with Crippen LogP contribution in [0.25, 0.3) is 0 Å². The summed E-state index contributed by atoms with van der Waals surface area (Å²) in [4.78, 5) is 0. The average molecular weight is 214 g/mol. The van der Waals surface area contributed by atoms with Gasteiger partial charge in [0.1, 0.15) is 0 Å². The molecule has 1 saturated carbocycles. The molecule has 0 heterocycles. The Bertz CT molecular complexity index is 165. The van der Waals surface area contributed by atoms with Crippen LogP contribution in [0, 0.1) is 5.92 Å². The van der Waals surface area contributed by atoms with E-state index in [0.717, 1.165) is 31.8 Å². The second-order valence-electron chi connectivity index (χ2n) is 5.02. The number of nitrogens with one attached hydrogen (secondary N) is 1. The lowest BCUT2D eigenvalue weighted by atomic mass is 9.77. The fourth-order valence-corrected chi connectivity index (χ4v) is 2.36. The third-order valence-electron chi connectivity index (χ3n) is 3.71. The molecule has 0 saturated heterocycles. The standard InChI is InChI=1S/C12H26N2O/c1-11-4-6-12(10-13,7-5-11)14-8-2-3-9-15/h11,14-15H,2-10,13H2,1H3. The van der Waals surface area contributed by atoms with E-state index in [4.69, 9.17) is 10.8 Å². The minimum atomic E-state index is 0.196. The number of unbranched alkanes of at least 4 members (excludes halogenated alkanes) is 1. The molecule has 0 bridgehead atoms. The fourth-order valence-electron chi connectivity index (χ4n) is 2.36. The molecule has 1 fully saturated rings. The van der Waals surface area contributed by atoms with Crippen molar-refractivity contribution in [2.45, 2.75) is 51.0 Å². The van der Waals surface area contributed by atoms with Crippen LogP contribution in [-0.2, 0) is 0 Å². The fraction of sp³-hybridized carbons (Fsp3) is 1.00. The van der Waals surface area contributed by atoms with Crippen LogP contribution in [0.15, 0.2) is 0 Å². The van der Waals surface area contributed by atoms with Crippen molar-refractivity contribution in [2.24, 2.45) is 11.7 Å². The highest BCUT2D eigenvalue weighted by Gasteiger charge is 2.31. The lowest BCUT2D eigenvalue weighted by molar-refractivity contribution is 0.198. The van der Waals surface area contributed by atoms with E-state index in [-0.39, 0.29) is 5.54 Å². The van der Waals surface area contributed by atoms with Crippen LogP contribution in [0.2, 0.25) is 0 Å². The van der Waals surface area contributed by atoms with Gasteiger partial charge in [0.05, 0.1) is 0 Å². The maximum Gasteiger partial charge on any atom is 0.0431 e. The van der Waals surface area contributed by atoms with Crippen LogP contribution in [0.1, 0.15) is 45.4 Å². The van der Waals surface area contributed by atoms with Gasteiger partial charge in [0, 0.05) is 18.7 Å². The topological polar surface area (TPSA) is 58.3 Å². The predicted octanol–water partition coefficient (Wildman–Crippen LogP) is 1.26. The average Bonchev–Trinajstić information content (AvgIpc) is 2.28. The van der Waals surface area contributed by atoms with E-state index in [9.17, 15) is 0 Å². The van der Waals surface area contributed by atoms with E-state index in [1.807, 2.05) is 0 Å². The monoisotopic (exact) mass is 214 g/mol. The Labute approximate surface area is 93.4 Å². The molecule has 4 N–H and O–H groups in total. The SMILES string of the molecule is CC1CCC(CN)(NCCCCO)CC1. The Kier molecular flexibility index (Phi) is 5.58. The molecule has 1 aliphatic rings. The molecule has 3 nitrogen and oxygen atoms in total. The van der Waals surface area contributed by atoms with E-state index < -0.39 is 0 Å². The van der Waals surface area contributed by atoms with Crippen LogP contribution < -0.4 is 11.1 Å². The van der Waals surface area contributed by atoms with Crippen molar-refractivity contribution in [1.82, 2.24) is 5.32 Å². The highest BCUT2D eigenvalue weighted by atomic mass is 16.2. The van der Waals surface area contributed by atoms with Crippen molar-refractivity contribution in [1.29, 1.82) is 0 Å². The van der Waals surface area contributed by atoms with Gasteiger partial charge in [-0.15, -0.1) is 0 Å². The van der Waals surface area contributed by atoms with Gasteiger partial charge < -0.3 is 16.2 Å². The molecule has 0 amide bonds. The Morgan fingerprint density at radius 1 is 1.33 bits per heavy atom. The van der Waals surface area contributed by atoms with Crippen molar-refractivity contribution in [3.05, 3.63) is 0 Å². The second-order valence-corrected chi connectivity index (χ2v) is 5.02. The first kappa shape index (κ1) is 12.9. The third-order valence-corrected chi connectivity index (χ3v) is 3.71. The molecule has 0 aromatic carbocycles. The lowest BCUT2D eigenvalue weighted by Crippen LogP contribution is -2.53. The third kappa shape index (κ3) is 4.09. The van der Waals surface area contributed by atoms with Crippen molar-refractivity contribution in [2.75, 3.05) is 19.7 Å². The maximum atomic E-state index is 8.71. The first-order valence-corrected chi connectivity index (χ1v) is 6.28. The Morgan fingerprint density at radius 2 is 2.00 bits per heavy atom. The molecule has 0 radical (unpaired) electrons. The van der Waals surface area contributed by atoms with Crippen molar-refractivity contribution < 1.29 is 5.11 Å². The van der Waals surface area contributed by atoms with E-state index in [1.54, 1.807) is 0 Å². The summed E-state index contributed by atoms with van der Waals surface area (Å²) >= 11 is 0. The van der Waals surface area contributed by atoms with Crippen molar-refractivity contribution in [3.63, 3.8) is 0 Å². The van der Waals surface area contributed by atoms with Crippen molar-refractivity contribution in [3.8, 4) is 0 Å². The highest BCUT2D eigenvalue weighted by Crippen LogP contribution is 2.31. The summed E-state index contributed by atoms with van der Waals surface area (Å²) in [5.74, 6) is 0.865. The highest BCUT2D eigenvalue weighted by molar-refractivity contribution is 4.92. The smallest absolute Gasteiger partial charge is 0.0431 e. The number of nitrogens with two attached hydrogens (primary N) is 1. The van der Waals surface area contributed by atoms with E-state index in [0.29, 0.717) is 6.61 Å². The zero-order valence-electron chi connectivity index (χ0n) is 9.97. The van der Waals surface area contributed by atoms with Crippen LogP contribution in [-0.4, -0.2) is 30.3 Å². The summed E-state index contributed by atoms with van der Waals surface area (Å²) in [5.41, 5.74) is 6.08. The molecule has 3 heteroatoms. The van der Waals surface area contributed by atoms with E-state index in [2.05, 4.69) is 12.2 Å². The summed E-state index contributed by atoms with van der Waals surface area (Å²) in [6.45, 7) is 4.37. The van der Waals surface area contributed by atoms with E-state index >= 15 is 0 Å². The summed E-state index contributed by atoms with van der Waals surface area (Å²) in [7, 11) is 0. The molecule has 15 heavy (non-hydrogen) atoms. The van der Waals surface area contributed by atoms with Crippen LogP contribution in [0.3, 0.4) is 0 Å². The molecular formula is C12H26N2O. The molecule has 1 aliphatic carbocycles. The maximum absolute atomic E-state index is 8.71. The number of aliphatic hydroxyl groups excluding tert-OH is 1. The zero-order chi connectivity index (χ0) is 11.1. The molecule has 0 aliphatic heterocycles. The molecule has 0 spiro atoms. The van der Waals surface area contributed by atoms with Crippen LogP contribution >= 0.6 is 0 Å². The number of hydrogen-bond donors (Lipinski definition) is 3. The van der Waals surface area contributed by atoms with Crippen molar-refractivity contribution >= 4 is 0 Å². The summed E-state index contributed by atoms with van der Waals surface area (Å²) in [6, 6.07) is 0. The molecular weight excluding hydrogens is 188 g/mol. The Hall–Kier alpha value is -0.120. The van der Waals surface area contributed by atoms with Crippen LogP contribution in [0.4, 0.5) is 0 Å². The van der Waals surface area contributed by atoms with Gasteiger partial charge in [-0.05, 0) is 51.0 Å². The Balaban J connectivity index is 2.27. The second kappa shape index (κ2) is 6.46. The predicted molar refractivity (Wildman–Crippen MR) is 63.7 cm³/mol. The molecule has 90 valence electrons. The van der Waals surface area contributed by atoms with Gasteiger partial charge in [-0.3, -0.25) is 0 Å².